The second-order valence-electron chi connectivity index (χ2n) is 2.35. The molecule has 16 heavy (non-hydrogen) atoms. The molecule has 10 heteroatoms. The van der Waals surface area contributed by atoms with E-state index in [2.05, 4.69) is 0 Å². The van der Waals surface area contributed by atoms with Gasteiger partial charge in [0.25, 0.3) is 5.78 Å². The van der Waals surface area contributed by atoms with Gasteiger partial charge in [-0.05, 0) is 0 Å². The lowest BCUT2D eigenvalue weighted by Gasteiger charge is -2.18. The highest BCUT2D eigenvalue weighted by molar-refractivity contribution is 6.34. The number of carboxylic acid groups (broad SMARTS) is 1. The fourth-order valence-electron chi connectivity index (χ4n) is 0.600. The number of carbonyl (C=O) groups is 2. The van der Waals surface area contributed by atoms with Crippen LogP contribution in [0, 0.1) is 0 Å². The largest absolute Gasteiger partial charge is 0.475 e. The third kappa shape index (κ3) is 6.36. The van der Waals surface area contributed by atoms with E-state index in [1.54, 1.807) is 0 Å². The van der Waals surface area contributed by atoms with Crippen molar-refractivity contribution >= 4 is 11.8 Å². The van der Waals surface area contributed by atoms with Crippen LogP contribution >= 0.6 is 0 Å². The summed E-state index contributed by atoms with van der Waals surface area (Å²) in [7, 11) is 0. The molecular formula is C6H16O10. The lowest BCUT2D eigenvalue weighted by Crippen LogP contribution is -2.46. The molecule has 100 valence electrons. The molecule has 3 atom stereocenters. The van der Waals surface area contributed by atoms with Crippen molar-refractivity contribution in [3.8, 4) is 0 Å². The van der Waals surface area contributed by atoms with E-state index in [1.807, 2.05) is 0 Å². The van der Waals surface area contributed by atoms with E-state index >= 15 is 0 Å². The van der Waals surface area contributed by atoms with Gasteiger partial charge in [0, 0.05) is 0 Å². The molecule has 0 amide bonds. The van der Waals surface area contributed by atoms with E-state index in [1.165, 1.54) is 0 Å². The Hall–Kier alpha value is -1.14. The van der Waals surface area contributed by atoms with Gasteiger partial charge in [-0.1, -0.05) is 0 Å². The molecule has 0 fully saturated rings. The van der Waals surface area contributed by atoms with Crippen LogP contribution in [0.3, 0.4) is 0 Å². The number of aliphatic hydroxyl groups is 4. The Bertz CT molecular complexity index is 203. The first-order chi connectivity index (χ1) is 5.91. The zero-order chi connectivity index (χ0) is 10.6. The predicted molar refractivity (Wildman–Crippen MR) is 48.6 cm³/mol. The van der Waals surface area contributed by atoms with Crippen molar-refractivity contribution in [2.45, 2.75) is 18.3 Å². The molecule has 0 saturated carbocycles. The maximum Gasteiger partial charge on any atom is 0.375 e. The maximum atomic E-state index is 10.5. The van der Waals surface area contributed by atoms with Gasteiger partial charge in [0.05, 0.1) is 6.61 Å². The number of carboxylic acids is 1. The SMILES string of the molecule is O.O.O.O=C(O)C(=O)[C@@H](O)[C@H](O)[C@H](O)CO. The van der Waals surface area contributed by atoms with Crippen LogP contribution in [0.25, 0.3) is 0 Å². The first kappa shape index (κ1) is 24.2. The average molecular weight is 248 g/mol. The molecule has 0 aliphatic carbocycles. The Morgan fingerprint density at radius 1 is 1.00 bits per heavy atom. The van der Waals surface area contributed by atoms with Crippen molar-refractivity contribution in [2.24, 2.45) is 0 Å². The minimum atomic E-state index is -2.24. The fraction of sp³-hybridized carbons (Fsp3) is 0.667. The summed E-state index contributed by atoms with van der Waals surface area (Å²) in [5.41, 5.74) is 0. The molecular weight excluding hydrogens is 232 g/mol. The van der Waals surface area contributed by atoms with Crippen LogP contribution in [0.15, 0.2) is 0 Å². The Morgan fingerprint density at radius 2 is 1.38 bits per heavy atom. The summed E-state index contributed by atoms with van der Waals surface area (Å²) in [6.45, 7) is -0.884. The minimum Gasteiger partial charge on any atom is -0.475 e. The molecule has 0 aromatic carbocycles. The molecule has 0 aliphatic heterocycles. The monoisotopic (exact) mass is 248 g/mol. The van der Waals surface area contributed by atoms with E-state index in [9.17, 15) is 9.59 Å². The van der Waals surface area contributed by atoms with Gasteiger partial charge in [0.15, 0.2) is 6.10 Å². The second-order valence-corrected chi connectivity index (χ2v) is 2.35. The van der Waals surface area contributed by atoms with Crippen molar-refractivity contribution in [1.82, 2.24) is 0 Å². The quantitative estimate of drug-likeness (QED) is 0.295. The molecule has 0 heterocycles. The van der Waals surface area contributed by atoms with Gasteiger partial charge < -0.3 is 42.0 Å². The van der Waals surface area contributed by atoms with Gasteiger partial charge in [0.1, 0.15) is 12.2 Å². The molecule has 10 nitrogen and oxygen atoms in total. The van der Waals surface area contributed by atoms with Gasteiger partial charge in [-0.2, -0.15) is 0 Å². The standard InChI is InChI=1S/C6H10O7.3H2O/c7-1-2(8)3(9)4(10)5(11)6(12)13;;;/h2-4,7-10H,1H2,(H,12,13);3*1H2/t2-,3-,4+;;;/m1.../s1. The lowest BCUT2D eigenvalue weighted by atomic mass is 10.1. The Labute approximate surface area is 89.3 Å². The molecule has 0 radical (unpaired) electrons. The molecule has 0 rings (SSSR count). The highest BCUT2D eigenvalue weighted by Crippen LogP contribution is 2.01. The van der Waals surface area contributed by atoms with Gasteiger partial charge in [-0.15, -0.1) is 0 Å². The summed E-state index contributed by atoms with van der Waals surface area (Å²) in [5, 5.41) is 42.8. The third-order valence-electron chi connectivity index (χ3n) is 1.38. The molecule has 0 aliphatic rings. The molecule has 0 spiro atoms. The normalized spacial score (nSPS) is 14.2. The lowest BCUT2D eigenvalue weighted by molar-refractivity contribution is -0.159. The fourth-order valence-corrected chi connectivity index (χ4v) is 0.600. The van der Waals surface area contributed by atoms with Crippen LogP contribution in [0.5, 0.6) is 0 Å². The zero-order valence-electron chi connectivity index (χ0n) is 7.99. The number of aliphatic hydroxyl groups excluding tert-OH is 4. The van der Waals surface area contributed by atoms with Crippen molar-refractivity contribution < 1.29 is 51.6 Å². The smallest absolute Gasteiger partial charge is 0.375 e. The van der Waals surface area contributed by atoms with E-state index in [4.69, 9.17) is 25.5 Å². The van der Waals surface area contributed by atoms with Gasteiger partial charge in [-0.3, -0.25) is 4.79 Å². The molecule has 0 aromatic heterocycles. The van der Waals surface area contributed by atoms with Crippen LogP contribution < -0.4 is 0 Å². The number of carbonyl (C=O) groups excluding carboxylic acids is 1. The third-order valence-corrected chi connectivity index (χ3v) is 1.38. The predicted octanol–water partition coefficient (Wildman–Crippen LogP) is -5.76. The van der Waals surface area contributed by atoms with Gasteiger partial charge in [-0.25, -0.2) is 4.79 Å². The number of aliphatic carboxylic acids is 1. The number of ketones is 1. The highest BCUT2D eigenvalue weighted by atomic mass is 16.4. The average Bonchev–Trinajstić information content (AvgIpc) is 2.12. The molecule has 11 N–H and O–H groups in total. The number of Topliss-reactive ketones (excluding diaryl/α,β-unsaturated/α-hetero) is 1. The topological polar surface area (TPSA) is 230 Å². The summed E-state index contributed by atoms with van der Waals surface area (Å²) >= 11 is 0. The second kappa shape index (κ2) is 10.4. The van der Waals surface area contributed by atoms with Crippen LogP contribution in [0.1, 0.15) is 0 Å². The summed E-state index contributed by atoms with van der Waals surface area (Å²) < 4.78 is 0. The van der Waals surface area contributed by atoms with Crippen molar-refractivity contribution in [3.05, 3.63) is 0 Å². The van der Waals surface area contributed by atoms with Crippen molar-refractivity contribution in [2.75, 3.05) is 6.61 Å². The van der Waals surface area contributed by atoms with E-state index < -0.39 is 36.7 Å². The molecule has 0 bridgehead atoms. The van der Waals surface area contributed by atoms with E-state index in [0.29, 0.717) is 0 Å². The first-order valence-electron chi connectivity index (χ1n) is 3.34. The number of rotatable bonds is 5. The van der Waals surface area contributed by atoms with Gasteiger partial charge >= 0.3 is 5.97 Å². The maximum absolute atomic E-state index is 10.5. The van der Waals surface area contributed by atoms with Crippen LogP contribution in [-0.4, -0.2) is 78.6 Å². The van der Waals surface area contributed by atoms with Crippen LogP contribution in [0.4, 0.5) is 0 Å². The highest BCUT2D eigenvalue weighted by Gasteiger charge is 2.33. The Morgan fingerprint density at radius 3 is 1.62 bits per heavy atom. The molecule has 0 unspecified atom stereocenters. The van der Waals surface area contributed by atoms with Crippen LogP contribution in [0.2, 0.25) is 0 Å². The number of hydrogen-bond donors (Lipinski definition) is 5. The molecule has 0 saturated heterocycles. The van der Waals surface area contributed by atoms with Crippen molar-refractivity contribution in [1.29, 1.82) is 0 Å². The Kier molecular flexibility index (Phi) is 15.7. The molecule has 0 aromatic rings. The number of hydrogen-bond acceptors (Lipinski definition) is 6. The van der Waals surface area contributed by atoms with Crippen molar-refractivity contribution in [3.63, 3.8) is 0 Å². The van der Waals surface area contributed by atoms with Crippen LogP contribution in [-0.2, 0) is 9.59 Å². The van der Waals surface area contributed by atoms with E-state index in [-0.39, 0.29) is 16.4 Å². The summed E-state index contributed by atoms with van der Waals surface area (Å²) in [6, 6.07) is 0. The Balaban J connectivity index is -0.000000240. The zero-order valence-corrected chi connectivity index (χ0v) is 7.99. The minimum absolute atomic E-state index is 0. The van der Waals surface area contributed by atoms with E-state index in [0.717, 1.165) is 0 Å². The summed E-state index contributed by atoms with van der Waals surface area (Å²) in [5.74, 6) is -3.56. The summed E-state index contributed by atoms with van der Waals surface area (Å²) in [4.78, 5) is 20.5. The van der Waals surface area contributed by atoms with Gasteiger partial charge in [0.2, 0.25) is 0 Å². The first-order valence-corrected chi connectivity index (χ1v) is 3.34. The summed E-state index contributed by atoms with van der Waals surface area (Å²) in [6.07, 6.45) is -5.99.